The predicted molar refractivity (Wildman–Crippen MR) is 85.7 cm³/mol. The van der Waals surface area contributed by atoms with Gasteiger partial charge in [-0.25, -0.2) is 0 Å². The van der Waals surface area contributed by atoms with Crippen LogP contribution in [0.4, 0.5) is 0 Å². The highest BCUT2D eigenvalue weighted by molar-refractivity contribution is 6.60. The van der Waals surface area contributed by atoms with Crippen LogP contribution in [-0.4, -0.2) is 28.3 Å². The molecule has 1 aromatic carbocycles. The first-order valence-corrected chi connectivity index (χ1v) is 7.27. The van der Waals surface area contributed by atoms with Crippen LogP contribution in [0, 0.1) is 0 Å². The summed E-state index contributed by atoms with van der Waals surface area (Å²) < 4.78 is 3.72. The maximum Gasteiger partial charge on any atom is 0.262 e. The second-order valence-electron chi connectivity index (χ2n) is 5.05. The van der Waals surface area contributed by atoms with Crippen molar-refractivity contribution < 1.29 is 9.53 Å². The number of halogens is 2. The fourth-order valence-electron chi connectivity index (χ4n) is 2.15. The van der Waals surface area contributed by atoms with E-state index in [-0.39, 0.29) is 11.9 Å². The van der Waals surface area contributed by atoms with Crippen molar-refractivity contribution in [1.82, 2.24) is 4.90 Å². The maximum absolute atomic E-state index is 12.0. The van der Waals surface area contributed by atoms with Crippen LogP contribution in [-0.2, 0) is 11.3 Å². The highest BCUT2D eigenvalue weighted by atomic mass is 35.5. The summed E-state index contributed by atoms with van der Waals surface area (Å²) >= 11 is 12.2. The minimum atomic E-state index is -1.39. The molecule has 5 heteroatoms. The molecular weight excluding hydrogens is 309 g/mol. The van der Waals surface area contributed by atoms with Gasteiger partial charge in [-0.1, -0.05) is 59.6 Å². The van der Waals surface area contributed by atoms with Gasteiger partial charge in [-0.15, -0.1) is 0 Å². The molecule has 2 rings (SSSR count). The summed E-state index contributed by atoms with van der Waals surface area (Å²) in [5.41, 5.74) is 1.87. The SMILES string of the molecule is C=C(C)/C=C/C1N(Cc2ccc(OC)cc2)C(=O)C1(Cl)Cl. The van der Waals surface area contributed by atoms with Gasteiger partial charge in [0.1, 0.15) is 5.75 Å². The maximum atomic E-state index is 12.0. The van der Waals surface area contributed by atoms with E-state index in [9.17, 15) is 4.79 Å². The number of hydrogen-bond donors (Lipinski definition) is 0. The molecule has 0 radical (unpaired) electrons. The Morgan fingerprint density at radius 1 is 1.43 bits per heavy atom. The fourth-order valence-corrected chi connectivity index (χ4v) is 2.75. The lowest BCUT2D eigenvalue weighted by Gasteiger charge is -2.48. The minimum absolute atomic E-state index is 0.280. The highest BCUT2D eigenvalue weighted by Crippen LogP contribution is 2.42. The number of β-lactam (4-membered cyclic amide) rings is 1. The first-order chi connectivity index (χ1) is 9.86. The molecule has 0 saturated carbocycles. The Morgan fingerprint density at radius 3 is 2.57 bits per heavy atom. The van der Waals surface area contributed by atoms with Crippen LogP contribution >= 0.6 is 23.2 Å². The van der Waals surface area contributed by atoms with Crippen LogP contribution in [0.5, 0.6) is 5.75 Å². The van der Waals surface area contributed by atoms with E-state index in [1.807, 2.05) is 43.3 Å². The normalized spacial score (nSPS) is 20.5. The Bertz CT molecular complexity index is 578. The Kier molecular flexibility index (Phi) is 4.64. The number of hydrogen-bond acceptors (Lipinski definition) is 2. The Balaban J connectivity index is 2.13. The molecule has 1 amide bonds. The second-order valence-corrected chi connectivity index (χ2v) is 6.44. The largest absolute Gasteiger partial charge is 0.497 e. The number of nitrogens with zero attached hydrogens (tertiary/aromatic N) is 1. The van der Waals surface area contributed by atoms with E-state index < -0.39 is 4.33 Å². The number of allylic oxidation sites excluding steroid dienone is 2. The number of carbonyl (C=O) groups is 1. The van der Waals surface area contributed by atoms with Crippen molar-refractivity contribution in [1.29, 1.82) is 0 Å². The van der Waals surface area contributed by atoms with Gasteiger partial charge in [-0.05, 0) is 24.6 Å². The van der Waals surface area contributed by atoms with E-state index in [2.05, 4.69) is 6.58 Å². The average Bonchev–Trinajstić information content (AvgIpc) is 2.46. The zero-order valence-electron chi connectivity index (χ0n) is 12.0. The summed E-state index contributed by atoms with van der Waals surface area (Å²) in [6, 6.07) is 7.18. The van der Waals surface area contributed by atoms with E-state index in [1.165, 1.54) is 0 Å². The molecule has 0 spiro atoms. The number of amides is 1. The van der Waals surface area contributed by atoms with E-state index in [0.717, 1.165) is 16.9 Å². The van der Waals surface area contributed by atoms with Crippen molar-refractivity contribution in [2.75, 3.05) is 7.11 Å². The number of carbonyl (C=O) groups excluding carboxylic acids is 1. The van der Waals surface area contributed by atoms with E-state index in [0.29, 0.717) is 6.54 Å². The lowest BCUT2D eigenvalue weighted by Crippen LogP contribution is -2.66. The average molecular weight is 326 g/mol. The van der Waals surface area contributed by atoms with E-state index in [4.69, 9.17) is 27.9 Å². The van der Waals surface area contributed by atoms with Crippen LogP contribution in [0.1, 0.15) is 12.5 Å². The van der Waals surface area contributed by atoms with Gasteiger partial charge in [0.15, 0.2) is 0 Å². The number of methoxy groups -OCH3 is 1. The number of rotatable bonds is 5. The van der Waals surface area contributed by atoms with Crippen LogP contribution in [0.25, 0.3) is 0 Å². The van der Waals surface area contributed by atoms with Crippen molar-refractivity contribution in [3.05, 3.63) is 54.1 Å². The molecule has 1 fully saturated rings. The van der Waals surface area contributed by atoms with Crippen LogP contribution < -0.4 is 4.74 Å². The molecule has 0 aliphatic carbocycles. The smallest absolute Gasteiger partial charge is 0.262 e. The zero-order valence-corrected chi connectivity index (χ0v) is 13.5. The molecule has 0 aromatic heterocycles. The molecule has 1 unspecified atom stereocenters. The standard InChI is InChI=1S/C16H17Cl2NO2/c1-11(2)4-9-14-16(17,18)15(20)19(14)10-12-5-7-13(21-3)8-6-12/h4-9,14H,1,10H2,2-3H3/b9-4+. The molecule has 21 heavy (non-hydrogen) atoms. The van der Waals surface area contributed by atoms with Crippen molar-refractivity contribution in [2.24, 2.45) is 0 Å². The first kappa shape index (κ1) is 15.9. The Morgan fingerprint density at radius 2 is 2.05 bits per heavy atom. The van der Waals surface area contributed by atoms with Crippen LogP contribution in [0.2, 0.25) is 0 Å². The summed E-state index contributed by atoms with van der Waals surface area (Å²) in [7, 11) is 1.61. The molecular formula is C16H17Cl2NO2. The highest BCUT2D eigenvalue weighted by Gasteiger charge is 2.57. The third kappa shape index (κ3) is 3.25. The summed E-state index contributed by atoms with van der Waals surface area (Å²) in [6.45, 7) is 6.11. The minimum Gasteiger partial charge on any atom is -0.497 e. The van der Waals surface area contributed by atoms with E-state index >= 15 is 0 Å². The molecule has 0 N–H and O–H groups in total. The Hall–Kier alpha value is -1.45. The van der Waals surface area contributed by atoms with Gasteiger partial charge in [0.25, 0.3) is 5.91 Å². The van der Waals surface area contributed by atoms with Gasteiger partial charge >= 0.3 is 0 Å². The van der Waals surface area contributed by atoms with Crippen molar-refractivity contribution in [2.45, 2.75) is 23.8 Å². The summed E-state index contributed by atoms with van der Waals surface area (Å²) in [6.07, 6.45) is 3.63. The number of alkyl halides is 2. The van der Waals surface area contributed by atoms with Crippen molar-refractivity contribution >= 4 is 29.1 Å². The van der Waals surface area contributed by atoms with Gasteiger partial charge in [0.05, 0.1) is 13.2 Å². The van der Waals surface area contributed by atoms with Crippen molar-refractivity contribution in [3.8, 4) is 5.75 Å². The third-order valence-corrected chi connectivity index (χ3v) is 4.10. The molecule has 1 heterocycles. The number of ether oxygens (including phenoxy) is 1. The molecule has 112 valence electrons. The van der Waals surface area contributed by atoms with Gasteiger partial charge in [0, 0.05) is 6.54 Å². The van der Waals surface area contributed by atoms with Gasteiger partial charge in [-0.2, -0.15) is 0 Å². The summed E-state index contributed by atoms with van der Waals surface area (Å²) in [5.74, 6) is 0.495. The van der Waals surface area contributed by atoms with Gasteiger partial charge in [-0.3, -0.25) is 4.79 Å². The van der Waals surface area contributed by atoms with Crippen molar-refractivity contribution in [3.63, 3.8) is 0 Å². The third-order valence-electron chi connectivity index (χ3n) is 3.33. The molecule has 1 aliphatic rings. The fraction of sp³-hybridized carbons (Fsp3) is 0.312. The van der Waals surface area contributed by atoms with Gasteiger partial charge < -0.3 is 9.64 Å². The lowest BCUT2D eigenvalue weighted by molar-refractivity contribution is -0.146. The molecule has 3 nitrogen and oxygen atoms in total. The Labute approximate surface area is 134 Å². The number of benzene rings is 1. The molecule has 0 bridgehead atoms. The van der Waals surface area contributed by atoms with Crippen LogP contribution in [0.3, 0.4) is 0 Å². The molecule has 1 aliphatic heterocycles. The second kappa shape index (κ2) is 6.12. The summed E-state index contributed by atoms with van der Waals surface area (Å²) in [4.78, 5) is 13.7. The summed E-state index contributed by atoms with van der Waals surface area (Å²) in [5, 5.41) is 0. The lowest BCUT2D eigenvalue weighted by atomic mass is 9.98. The number of likely N-dealkylation sites (tertiary alicyclic amines) is 1. The quantitative estimate of drug-likeness (QED) is 0.469. The topological polar surface area (TPSA) is 29.5 Å². The predicted octanol–water partition coefficient (Wildman–Crippen LogP) is 3.71. The monoisotopic (exact) mass is 325 g/mol. The molecule has 1 atom stereocenters. The molecule has 1 saturated heterocycles. The first-order valence-electron chi connectivity index (χ1n) is 6.51. The van der Waals surface area contributed by atoms with E-state index in [1.54, 1.807) is 12.0 Å². The van der Waals surface area contributed by atoms with Gasteiger partial charge in [0.2, 0.25) is 4.33 Å². The zero-order chi connectivity index (χ0) is 15.6. The van der Waals surface area contributed by atoms with Crippen LogP contribution in [0.15, 0.2) is 48.6 Å². The molecule has 1 aromatic rings.